The SMILES string of the molecule is CC(C)CCCCCCCCCCCCCCCC(=O)O[C@H](COC(=O)CCCCCCCCCCC(C)C)COP(=O)(O)OCC(O)COP(=O)(O)OC[C@@H](COC(=O)CCCCCCCCCC(C)C)OC(=O)CCCCCCCCCCCCCCC(C)C. The van der Waals surface area contributed by atoms with E-state index in [1.807, 2.05) is 0 Å². The number of unbranched alkanes of at least 4 members (excludes halogenated alkanes) is 36. The van der Waals surface area contributed by atoms with Gasteiger partial charge in [0, 0.05) is 25.7 Å². The Kier molecular flexibility index (Phi) is 61.3. The molecule has 92 heavy (non-hydrogen) atoms. The Morgan fingerprint density at radius 2 is 0.457 bits per heavy atom. The second-order valence-corrected chi connectivity index (χ2v) is 31.1. The number of rotatable bonds is 70. The molecular formula is C73H142O17P2. The molecule has 0 aliphatic rings. The number of hydrogen-bond donors (Lipinski definition) is 3. The average molecular weight is 1350 g/mol. The molecule has 0 rings (SSSR count). The van der Waals surface area contributed by atoms with Crippen LogP contribution >= 0.6 is 15.6 Å². The Bertz CT molecular complexity index is 1820. The van der Waals surface area contributed by atoms with E-state index in [2.05, 4.69) is 55.4 Å². The molecule has 0 bridgehead atoms. The van der Waals surface area contributed by atoms with E-state index in [1.54, 1.807) is 0 Å². The fourth-order valence-electron chi connectivity index (χ4n) is 11.0. The highest BCUT2D eigenvalue weighted by molar-refractivity contribution is 7.47. The molecule has 0 amide bonds. The van der Waals surface area contributed by atoms with Crippen LogP contribution in [0.15, 0.2) is 0 Å². The maximum absolute atomic E-state index is 13.0. The topological polar surface area (TPSA) is 237 Å². The third-order valence-corrected chi connectivity index (χ3v) is 18.7. The van der Waals surface area contributed by atoms with Crippen molar-refractivity contribution in [3.8, 4) is 0 Å². The Labute approximate surface area is 562 Å². The molecule has 17 nitrogen and oxygen atoms in total. The van der Waals surface area contributed by atoms with Crippen LogP contribution in [-0.4, -0.2) is 96.7 Å². The summed E-state index contributed by atoms with van der Waals surface area (Å²) in [5, 5.41) is 10.6. The van der Waals surface area contributed by atoms with Crippen LogP contribution in [0.2, 0.25) is 0 Å². The van der Waals surface area contributed by atoms with Gasteiger partial charge in [0.1, 0.15) is 19.3 Å². The van der Waals surface area contributed by atoms with Crippen molar-refractivity contribution in [2.24, 2.45) is 23.7 Å². The summed E-state index contributed by atoms with van der Waals surface area (Å²) >= 11 is 0. The molecule has 0 radical (unpaired) electrons. The van der Waals surface area contributed by atoms with Gasteiger partial charge in [-0.1, -0.05) is 312 Å². The third-order valence-electron chi connectivity index (χ3n) is 16.8. The van der Waals surface area contributed by atoms with Crippen molar-refractivity contribution < 1.29 is 80.2 Å². The predicted molar refractivity (Wildman–Crippen MR) is 372 cm³/mol. The number of carbonyl (C=O) groups is 4. The monoisotopic (exact) mass is 1350 g/mol. The van der Waals surface area contributed by atoms with Gasteiger partial charge in [-0.15, -0.1) is 0 Å². The normalized spacial score (nSPS) is 14.2. The molecule has 0 spiro atoms. The lowest BCUT2D eigenvalue weighted by atomic mass is 10.0. The first kappa shape index (κ1) is 90.1. The Balaban J connectivity index is 5.25. The van der Waals surface area contributed by atoms with E-state index >= 15 is 0 Å². The molecule has 3 unspecified atom stereocenters. The predicted octanol–water partition coefficient (Wildman–Crippen LogP) is 20.9. The zero-order valence-electron chi connectivity index (χ0n) is 60.2. The van der Waals surface area contributed by atoms with E-state index < -0.39 is 97.5 Å². The molecule has 0 aliphatic heterocycles. The fourth-order valence-corrected chi connectivity index (χ4v) is 12.6. The lowest BCUT2D eigenvalue weighted by Crippen LogP contribution is -2.30. The second-order valence-electron chi connectivity index (χ2n) is 28.2. The maximum Gasteiger partial charge on any atom is 0.472 e. The van der Waals surface area contributed by atoms with Crippen molar-refractivity contribution >= 4 is 39.5 Å². The molecule has 3 N–H and O–H groups in total. The zero-order chi connectivity index (χ0) is 68.2. The molecule has 0 saturated heterocycles. The summed E-state index contributed by atoms with van der Waals surface area (Å²) in [7, 11) is -9.91. The Morgan fingerprint density at radius 3 is 0.674 bits per heavy atom. The van der Waals surface area contributed by atoms with Gasteiger partial charge in [0.25, 0.3) is 0 Å². The summed E-state index contributed by atoms with van der Waals surface area (Å²) in [5.74, 6) is 0.869. The van der Waals surface area contributed by atoms with E-state index in [4.69, 9.17) is 37.0 Å². The van der Waals surface area contributed by atoms with Crippen LogP contribution in [-0.2, 0) is 65.4 Å². The maximum atomic E-state index is 13.0. The van der Waals surface area contributed by atoms with Gasteiger partial charge in [0.05, 0.1) is 26.4 Å². The number of aliphatic hydroxyl groups is 1. The number of aliphatic hydroxyl groups excluding tert-OH is 1. The van der Waals surface area contributed by atoms with Gasteiger partial charge in [-0.2, -0.15) is 0 Å². The van der Waals surface area contributed by atoms with Crippen LogP contribution < -0.4 is 0 Å². The van der Waals surface area contributed by atoms with Gasteiger partial charge in [-0.25, -0.2) is 9.13 Å². The van der Waals surface area contributed by atoms with Gasteiger partial charge in [-0.05, 0) is 49.4 Å². The number of phosphoric acid groups is 2. The highest BCUT2D eigenvalue weighted by Crippen LogP contribution is 2.45. The summed E-state index contributed by atoms with van der Waals surface area (Å²) < 4.78 is 68.4. The largest absolute Gasteiger partial charge is 0.472 e. The van der Waals surface area contributed by atoms with E-state index in [9.17, 15) is 43.2 Å². The summed E-state index contributed by atoms with van der Waals surface area (Å²) in [6.07, 6.45) is 45.9. The van der Waals surface area contributed by atoms with Crippen LogP contribution in [0.3, 0.4) is 0 Å². The molecular weight excluding hydrogens is 1210 g/mol. The van der Waals surface area contributed by atoms with Gasteiger partial charge in [0.2, 0.25) is 0 Å². The highest BCUT2D eigenvalue weighted by Gasteiger charge is 2.30. The molecule has 0 aliphatic carbocycles. The minimum Gasteiger partial charge on any atom is -0.462 e. The number of carbonyl (C=O) groups excluding carboxylic acids is 4. The summed E-state index contributed by atoms with van der Waals surface area (Å²) in [4.78, 5) is 72.7. The first-order valence-electron chi connectivity index (χ1n) is 37.7. The van der Waals surface area contributed by atoms with Crippen molar-refractivity contribution in [3.63, 3.8) is 0 Å². The first-order valence-corrected chi connectivity index (χ1v) is 40.7. The fraction of sp³-hybridized carbons (Fsp3) is 0.945. The van der Waals surface area contributed by atoms with Crippen LogP contribution in [0.1, 0.15) is 364 Å². The second kappa shape index (κ2) is 62.6. The van der Waals surface area contributed by atoms with E-state index in [0.29, 0.717) is 31.6 Å². The summed E-state index contributed by atoms with van der Waals surface area (Å²) in [6, 6.07) is 0. The van der Waals surface area contributed by atoms with Crippen LogP contribution in [0.4, 0.5) is 0 Å². The van der Waals surface area contributed by atoms with E-state index in [1.165, 1.54) is 161 Å². The molecule has 5 atom stereocenters. The molecule has 0 heterocycles. The zero-order valence-corrected chi connectivity index (χ0v) is 62.0. The Morgan fingerprint density at radius 1 is 0.272 bits per heavy atom. The lowest BCUT2D eigenvalue weighted by Gasteiger charge is -2.21. The molecule has 19 heteroatoms. The van der Waals surface area contributed by atoms with Crippen molar-refractivity contribution in [2.45, 2.75) is 382 Å². The minimum absolute atomic E-state index is 0.106. The third kappa shape index (κ3) is 66.7. The van der Waals surface area contributed by atoms with Crippen molar-refractivity contribution in [2.75, 3.05) is 39.6 Å². The molecule has 0 aromatic rings. The van der Waals surface area contributed by atoms with Gasteiger partial charge < -0.3 is 33.8 Å². The number of phosphoric ester groups is 2. The van der Waals surface area contributed by atoms with E-state index in [-0.39, 0.29) is 25.7 Å². The van der Waals surface area contributed by atoms with Gasteiger partial charge in [0.15, 0.2) is 12.2 Å². The van der Waals surface area contributed by atoms with Crippen LogP contribution in [0.5, 0.6) is 0 Å². The summed E-state index contributed by atoms with van der Waals surface area (Å²) in [6.45, 7) is 14.1. The average Bonchev–Trinajstić information content (AvgIpc) is 2.61. The molecule has 0 aromatic carbocycles. The van der Waals surface area contributed by atoms with Crippen molar-refractivity contribution in [1.82, 2.24) is 0 Å². The molecule has 0 saturated carbocycles. The summed E-state index contributed by atoms with van der Waals surface area (Å²) in [5.41, 5.74) is 0. The van der Waals surface area contributed by atoms with E-state index in [0.717, 1.165) is 114 Å². The van der Waals surface area contributed by atoms with Crippen molar-refractivity contribution in [3.05, 3.63) is 0 Å². The highest BCUT2D eigenvalue weighted by atomic mass is 31.2. The lowest BCUT2D eigenvalue weighted by molar-refractivity contribution is -0.161. The smallest absolute Gasteiger partial charge is 0.462 e. The van der Waals surface area contributed by atoms with Crippen molar-refractivity contribution in [1.29, 1.82) is 0 Å². The van der Waals surface area contributed by atoms with Gasteiger partial charge >= 0.3 is 39.5 Å². The number of esters is 4. The number of ether oxygens (including phenoxy) is 4. The molecule has 0 aromatic heterocycles. The quantitative estimate of drug-likeness (QED) is 0.0222. The Hall–Kier alpha value is -1.94. The van der Waals surface area contributed by atoms with Crippen LogP contribution in [0, 0.1) is 23.7 Å². The molecule has 546 valence electrons. The first-order chi connectivity index (χ1) is 44.1. The number of hydrogen-bond acceptors (Lipinski definition) is 15. The molecule has 0 fully saturated rings. The van der Waals surface area contributed by atoms with Crippen LogP contribution in [0.25, 0.3) is 0 Å². The minimum atomic E-state index is -4.95. The standard InChI is InChI=1S/C73H142O17P2/c1-63(2)49-41-33-25-18-14-10-9-11-16-20-30-39-47-55-72(77)89-68(59-83-70(75)53-45-37-29-23-22-27-35-43-51-65(5)6)61-87-91(79,80)85-57-67(74)58-86-92(81,82)88-62-69(60-84-71(76)54-46-38-32-24-28-36-44-52-66(7)8)90-73(78)56-48-40-31-21-17-13-12-15-19-26-34-42-50-64(3)4/h63-69,74H,9-62H2,1-8H3,(H,79,80)(H,81,82)/t67?,68-,69-/m1/s1. The van der Waals surface area contributed by atoms with Gasteiger partial charge in [-0.3, -0.25) is 37.3 Å².